The summed E-state index contributed by atoms with van der Waals surface area (Å²) < 4.78 is 21.4. The zero-order chi connectivity index (χ0) is 14.9. The van der Waals surface area contributed by atoms with E-state index < -0.39 is 10.0 Å². The molecule has 0 bridgehead atoms. The topological polar surface area (TPSA) is 115 Å². The smallest absolute Gasteiger partial charge is 0.220 e. The molecule has 0 saturated carbocycles. The van der Waals surface area contributed by atoms with Crippen LogP contribution >= 0.6 is 0 Å². The molecule has 0 aromatic rings. The molecule has 5 N–H and O–H groups in total. The molecule has 0 aromatic carbocycles. The second-order valence-corrected chi connectivity index (χ2v) is 6.92. The number of nitrogens with two attached hydrogens (primary N) is 2. The number of carbonyl (C=O) groups excluding carboxylic acids is 1. The molecule has 0 rings (SSSR count). The highest BCUT2D eigenvalue weighted by atomic mass is 32.2. The van der Waals surface area contributed by atoms with E-state index in [9.17, 15) is 13.2 Å². The molecule has 0 aliphatic rings. The van der Waals surface area contributed by atoms with Gasteiger partial charge in [0.15, 0.2) is 0 Å². The van der Waals surface area contributed by atoms with Crippen molar-refractivity contribution in [2.24, 2.45) is 22.7 Å². The molecule has 0 heterocycles. The van der Waals surface area contributed by atoms with Gasteiger partial charge in [-0.1, -0.05) is 13.8 Å². The first kappa shape index (κ1) is 18.3. The van der Waals surface area contributed by atoms with E-state index in [1.165, 1.54) is 0 Å². The quantitative estimate of drug-likeness (QED) is 0.498. The van der Waals surface area contributed by atoms with E-state index in [1.807, 2.05) is 0 Å². The number of nitrogens with one attached hydrogen (secondary N) is 1. The maximum atomic E-state index is 11.6. The molecule has 0 aromatic heterocycles. The van der Waals surface area contributed by atoms with E-state index in [0.29, 0.717) is 37.8 Å². The van der Waals surface area contributed by atoms with Crippen molar-refractivity contribution in [1.29, 1.82) is 0 Å². The van der Waals surface area contributed by atoms with Crippen LogP contribution in [-0.2, 0) is 14.8 Å². The summed E-state index contributed by atoms with van der Waals surface area (Å²) >= 11 is 0. The zero-order valence-corrected chi connectivity index (χ0v) is 12.7. The van der Waals surface area contributed by atoms with Crippen molar-refractivity contribution in [3.63, 3.8) is 0 Å². The molecule has 7 heteroatoms. The first-order valence-electron chi connectivity index (χ1n) is 6.73. The Kier molecular flexibility index (Phi) is 8.95. The Morgan fingerprint density at radius 2 is 1.89 bits per heavy atom. The van der Waals surface area contributed by atoms with Crippen LogP contribution in [0.4, 0.5) is 0 Å². The van der Waals surface area contributed by atoms with Crippen LogP contribution in [0.25, 0.3) is 0 Å². The van der Waals surface area contributed by atoms with Gasteiger partial charge in [-0.2, -0.15) is 0 Å². The van der Waals surface area contributed by atoms with E-state index in [2.05, 4.69) is 19.2 Å². The van der Waals surface area contributed by atoms with E-state index in [4.69, 9.17) is 10.9 Å². The molecule has 0 spiro atoms. The number of hydrogen-bond donors (Lipinski definition) is 3. The van der Waals surface area contributed by atoms with Crippen LogP contribution in [0.3, 0.4) is 0 Å². The molecule has 114 valence electrons. The lowest BCUT2D eigenvalue weighted by atomic mass is 9.88. The van der Waals surface area contributed by atoms with E-state index in [1.54, 1.807) is 0 Å². The molecule has 6 nitrogen and oxygen atoms in total. The summed E-state index contributed by atoms with van der Waals surface area (Å²) in [6.45, 7) is 5.24. The van der Waals surface area contributed by atoms with Gasteiger partial charge in [-0.05, 0) is 37.6 Å². The minimum atomic E-state index is -3.43. The second kappa shape index (κ2) is 9.28. The molecule has 0 aliphatic carbocycles. The molecular weight excluding hydrogens is 266 g/mol. The maximum absolute atomic E-state index is 11.6. The molecule has 1 atom stereocenters. The number of carbonyl (C=O) groups is 1. The van der Waals surface area contributed by atoms with Crippen molar-refractivity contribution in [1.82, 2.24) is 5.32 Å². The first-order chi connectivity index (χ1) is 8.76. The van der Waals surface area contributed by atoms with Gasteiger partial charge in [-0.25, -0.2) is 13.6 Å². The van der Waals surface area contributed by atoms with Crippen molar-refractivity contribution in [3.05, 3.63) is 0 Å². The Morgan fingerprint density at radius 3 is 2.37 bits per heavy atom. The molecular formula is C12H27N3O3S. The molecule has 0 fully saturated rings. The summed E-state index contributed by atoms with van der Waals surface area (Å²) in [4.78, 5) is 11.6. The van der Waals surface area contributed by atoms with Gasteiger partial charge in [0.1, 0.15) is 0 Å². The third-order valence-electron chi connectivity index (χ3n) is 3.15. The van der Waals surface area contributed by atoms with Crippen LogP contribution < -0.4 is 16.2 Å². The summed E-state index contributed by atoms with van der Waals surface area (Å²) in [5, 5.41) is 7.57. The minimum absolute atomic E-state index is 0.0444. The number of primary sulfonamides is 1. The minimum Gasteiger partial charge on any atom is -0.356 e. The fourth-order valence-corrected chi connectivity index (χ4v) is 2.48. The third-order valence-corrected chi connectivity index (χ3v) is 4.01. The lowest BCUT2D eigenvalue weighted by molar-refractivity contribution is -0.121. The van der Waals surface area contributed by atoms with Crippen LogP contribution in [0.2, 0.25) is 0 Å². The summed E-state index contributed by atoms with van der Waals surface area (Å²) in [6.07, 6.45) is 2.55. The molecule has 1 amide bonds. The Hall–Kier alpha value is -0.660. The van der Waals surface area contributed by atoms with Crippen molar-refractivity contribution in [2.45, 2.75) is 39.5 Å². The van der Waals surface area contributed by atoms with Crippen molar-refractivity contribution in [3.8, 4) is 0 Å². The standard InChI is InChI=1S/C12H27N3O3S/c1-10(2)11(6-7-13)4-5-12(16)15-8-3-9-19(14,17)18/h10-11H,3-9,13H2,1-2H3,(H,15,16)(H2,14,17,18). The average Bonchev–Trinajstić information content (AvgIpc) is 2.28. The van der Waals surface area contributed by atoms with Gasteiger partial charge in [-0.3, -0.25) is 4.79 Å². The molecule has 19 heavy (non-hydrogen) atoms. The fourth-order valence-electron chi connectivity index (χ4n) is 1.93. The predicted octanol–water partition coefficient (Wildman–Crippen LogP) is 0.182. The monoisotopic (exact) mass is 293 g/mol. The lowest BCUT2D eigenvalue weighted by Gasteiger charge is -2.19. The van der Waals surface area contributed by atoms with Crippen molar-refractivity contribution >= 4 is 15.9 Å². The molecule has 0 saturated heterocycles. The van der Waals surface area contributed by atoms with Crippen LogP contribution in [0.5, 0.6) is 0 Å². The van der Waals surface area contributed by atoms with Gasteiger partial charge >= 0.3 is 0 Å². The van der Waals surface area contributed by atoms with E-state index >= 15 is 0 Å². The molecule has 1 unspecified atom stereocenters. The molecule has 0 radical (unpaired) electrons. The van der Waals surface area contributed by atoms with E-state index in [-0.39, 0.29) is 11.7 Å². The Bertz CT molecular complexity index is 355. The number of hydrogen-bond acceptors (Lipinski definition) is 4. The summed E-state index contributed by atoms with van der Waals surface area (Å²) in [6, 6.07) is 0. The molecule has 0 aliphatic heterocycles. The Morgan fingerprint density at radius 1 is 1.26 bits per heavy atom. The SMILES string of the molecule is CC(C)C(CCN)CCC(=O)NCCCS(N)(=O)=O. The van der Waals surface area contributed by atoms with Crippen molar-refractivity contribution in [2.75, 3.05) is 18.8 Å². The van der Waals surface area contributed by atoms with Gasteiger partial charge in [0.2, 0.25) is 15.9 Å². The van der Waals surface area contributed by atoms with E-state index in [0.717, 1.165) is 12.8 Å². The fraction of sp³-hybridized carbons (Fsp3) is 0.917. The largest absolute Gasteiger partial charge is 0.356 e. The number of sulfonamides is 1. The van der Waals surface area contributed by atoms with Crippen LogP contribution in [0, 0.1) is 11.8 Å². The summed E-state index contributed by atoms with van der Waals surface area (Å²) in [7, 11) is -3.43. The van der Waals surface area contributed by atoms with Gasteiger partial charge in [0, 0.05) is 13.0 Å². The highest BCUT2D eigenvalue weighted by molar-refractivity contribution is 7.89. The highest BCUT2D eigenvalue weighted by Gasteiger charge is 2.14. The average molecular weight is 293 g/mol. The van der Waals surface area contributed by atoms with Crippen LogP contribution in [-0.4, -0.2) is 33.2 Å². The third kappa shape index (κ3) is 10.9. The number of rotatable bonds is 10. The normalized spacial score (nSPS) is 13.5. The Balaban J connectivity index is 3.80. The Labute approximate surface area is 116 Å². The zero-order valence-electron chi connectivity index (χ0n) is 11.9. The van der Waals surface area contributed by atoms with Gasteiger partial charge < -0.3 is 11.1 Å². The predicted molar refractivity (Wildman–Crippen MR) is 76.8 cm³/mol. The lowest BCUT2D eigenvalue weighted by Crippen LogP contribution is -2.28. The second-order valence-electron chi connectivity index (χ2n) is 5.19. The van der Waals surface area contributed by atoms with Crippen molar-refractivity contribution < 1.29 is 13.2 Å². The van der Waals surface area contributed by atoms with Gasteiger partial charge in [-0.15, -0.1) is 0 Å². The summed E-state index contributed by atoms with van der Waals surface area (Å²) in [5.41, 5.74) is 5.54. The maximum Gasteiger partial charge on any atom is 0.220 e. The highest BCUT2D eigenvalue weighted by Crippen LogP contribution is 2.20. The number of amides is 1. The van der Waals surface area contributed by atoms with Crippen LogP contribution in [0.15, 0.2) is 0 Å². The first-order valence-corrected chi connectivity index (χ1v) is 8.45. The van der Waals surface area contributed by atoms with Gasteiger partial charge in [0.05, 0.1) is 5.75 Å². The van der Waals surface area contributed by atoms with Crippen LogP contribution in [0.1, 0.15) is 39.5 Å². The van der Waals surface area contributed by atoms with Gasteiger partial charge in [0.25, 0.3) is 0 Å². The summed E-state index contributed by atoms with van der Waals surface area (Å²) in [5.74, 6) is 0.825.